The Labute approximate surface area is 100 Å². The minimum absolute atomic E-state index is 0.367. The van der Waals surface area contributed by atoms with Crippen LogP contribution in [0.25, 0.3) is 0 Å². The van der Waals surface area contributed by atoms with Crippen LogP contribution in [0.3, 0.4) is 0 Å². The van der Waals surface area contributed by atoms with Crippen LogP contribution < -0.4 is 4.74 Å². The van der Waals surface area contributed by atoms with Crippen LogP contribution in [-0.4, -0.2) is 43.3 Å². The summed E-state index contributed by atoms with van der Waals surface area (Å²) in [6, 6.07) is 3.74. The second kappa shape index (κ2) is 4.99. The molecule has 0 aliphatic carbocycles. The van der Waals surface area contributed by atoms with Gasteiger partial charge >= 0.3 is 0 Å². The van der Waals surface area contributed by atoms with E-state index in [1.165, 1.54) is 0 Å². The normalized spacial score (nSPS) is 17.2. The Balaban J connectivity index is 1.99. The van der Waals surface area contributed by atoms with E-state index in [2.05, 4.69) is 9.88 Å². The molecule has 88 valence electrons. The van der Waals surface area contributed by atoms with Crippen molar-refractivity contribution in [1.29, 1.82) is 0 Å². The number of rotatable bonds is 4. The van der Waals surface area contributed by atoms with E-state index in [4.69, 9.17) is 21.1 Å². The number of pyridine rings is 1. The monoisotopic (exact) mass is 242 g/mol. The van der Waals surface area contributed by atoms with E-state index in [0.29, 0.717) is 17.1 Å². The zero-order valence-electron chi connectivity index (χ0n) is 9.44. The minimum atomic E-state index is 0.367. The molecule has 1 aromatic heterocycles. The molecule has 0 amide bonds. The first-order valence-corrected chi connectivity index (χ1v) is 5.55. The lowest BCUT2D eigenvalue weighted by Gasteiger charge is -2.38. The highest BCUT2D eigenvalue weighted by atomic mass is 35.5. The average molecular weight is 243 g/mol. The summed E-state index contributed by atoms with van der Waals surface area (Å²) in [4.78, 5) is 6.41. The lowest BCUT2D eigenvalue weighted by Crippen LogP contribution is -2.50. The van der Waals surface area contributed by atoms with Crippen molar-refractivity contribution in [3.8, 4) is 5.88 Å². The minimum Gasteiger partial charge on any atom is -0.481 e. The van der Waals surface area contributed by atoms with Gasteiger partial charge in [0.15, 0.2) is 0 Å². The van der Waals surface area contributed by atoms with E-state index in [9.17, 15) is 0 Å². The maximum Gasteiger partial charge on any atom is 0.219 e. The van der Waals surface area contributed by atoms with Crippen molar-refractivity contribution in [3.63, 3.8) is 0 Å². The summed E-state index contributed by atoms with van der Waals surface area (Å²) in [6.07, 6.45) is 0.367. The summed E-state index contributed by atoms with van der Waals surface area (Å²) in [6.45, 7) is 2.75. The molecule has 0 saturated carbocycles. The van der Waals surface area contributed by atoms with Crippen molar-refractivity contribution in [2.75, 3.05) is 27.3 Å². The molecule has 0 unspecified atom stereocenters. The summed E-state index contributed by atoms with van der Waals surface area (Å²) in [5, 5.41) is 0.457. The van der Waals surface area contributed by atoms with Crippen molar-refractivity contribution in [2.24, 2.45) is 0 Å². The number of aromatic nitrogens is 1. The van der Waals surface area contributed by atoms with Crippen LogP contribution in [0.4, 0.5) is 0 Å². The SMILES string of the molecule is COc1nc(Cl)ccc1CN1CC(OC)C1. The molecule has 16 heavy (non-hydrogen) atoms. The Bertz CT molecular complexity index is 367. The lowest BCUT2D eigenvalue weighted by atomic mass is 10.1. The molecule has 0 bridgehead atoms. The molecule has 1 saturated heterocycles. The molecule has 0 N–H and O–H groups in total. The molecule has 0 spiro atoms. The lowest BCUT2D eigenvalue weighted by molar-refractivity contribution is -0.0337. The fraction of sp³-hybridized carbons (Fsp3) is 0.545. The van der Waals surface area contributed by atoms with Crippen LogP contribution in [-0.2, 0) is 11.3 Å². The number of halogens is 1. The summed E-state index contributed by atoms with van der Waals surface area (Å²) >= 11 is 5.80. The summed E-state index contributed by atoms with van der Waals surface area (Å²) < 4.78 is 10.4. The van der Waals surface area contributed by atoms with E-state index in [-0.39, 0.29) is 0 Å². The highest BCUT2D eigenvalue weighted by Crippen LogP contribution is 2.22. The van der Waals surface area contributed by atoms with Crippen LogP contribution in [0.15, 0.2) is 12.1 Å². The zero-order valence-corrected chi connectivity index (χ0v) is 10.2. The highest BCUT2D eigenvalue weighted by molar-refractivity contribution is 6.29. The van der Waals surface area contributed by atoms with Gasteiger partial charge in [-0.1, -0.05) is 11.6 Å². The average Bonchev–Trinajstić information content (AvgIpc) is 2.24. The number of methoxy groups -OCH3 is 2. The van der Waals surface area contributed by atoms with E-state index in [0.717, 1.165) is 25.2 Å². The molecule has 1 fully saturated rings. The molecular weight excluding hydrogens is 228 g/mol. The molecule has 0 radical (unpaired) electrons. The zero-order chi connectivity index (χ0) is 11.5. The molecule has 1 aromatic rings. The molecule has 2 heterocycles. The summed E-state index contributed by atoms with van der Waals surface area (Å²) in [7, 11) is 3.35. The molecule has 2 rings (SSSR count). The van der Waals surface area contributed by atoms with E-state index < -0.39 is 0 Å². The van der Waals surface area contributed by atoms with Gasteiger partial charge in [0, 0.05) is 32.3 Å². The summed E-state index contributed by atoms with van der Waals surface area (Å²) in [5.41, 5.74) is 1.06. The number of nitrogens with zero attached hydrogens (tertiary/aromatic N) is 2. The maximum atomic E-state index is 5.80. The van der Waals surface area contributed by atoms with Crippen LogP contribution >= 0.6 is 11.6 Å². The van der Waals surface area contributed by atoms with Gasteiger partial charge in [-0.15, -0.1) is 0 Å². The molecular formula is C11H15ClN2O2. The van der Waals surface area contributed by atoms with Gasteiger partial charge in [-0.2, -0.15) is 0 Å². The van der Waals surface area contributed by atoms with Gasteiger partial charge in [0.25, 0.3) is 0 Å². The molecule has 5 heteroatoms. The van der Waals surface area contributed by atoms with Gasteiger partial charge in [0.2, 0.25) is 5.88 Å². The van der Waals surface area contributed by atoms with Crippen molar-refractivity contribution in [3.05, 3.63) is 22.8 Å². The Morgan fingerprint density at radius 1 is 1.44 bits per heavy atom. The van der Waals surface area contributed by atoms with Crippen LogP contribution in [0, 0.1) is 0 Å². The first-order chi connectivity index (χ1) is 7.72. The second-order valence-corrected chi connectivity index (χ2v) is 4.24. The van der Waals surface area contributed by atoms with E-state index >= 15 is 0 Å². The Kier molecular flexibility index (Phi) is 3.63. The van der Waals surface area contributed by atoms with Crippen molar-refractivity contribution < 1.29 is 9.47 Å². The van der Waals surface area contributed by atoms with Gasteiger partial charge in [0.05, 0.1) is 13.2 Å². The maximum absolute atomic E-state index is 5.80. The molecule has 1 aliphatic heterocycles. The Hall–Kier alpha value is -0.840. The topological polar surface area (TPSA) is 34.6 Å². The van der Waals surface area contributed by atoms with Crippen LogP contribution in [0.2, 0.25) is 5.15 Å². The number of likely N-dealkylation sites (tertiary alicyclic amines) is 1. The first-order valence-electron chi connectivity index (χ1n) is 5.17. The van der Waals surface area contributed by atoms with E-state index in [1.54, 1.807) is 20.3 Å². The molecule has 1 aliphatic rings. The number of hydrogen-bond acceptors (Lipinski definition) is 4. The fourth-order valence-corrected chi connectivity index (χ4v) is 1.93. The van der Waals surface area contributed by atoms with Gasteiger partial charge in [0.1, 0.15) is 5.15 Å². The van der Waals surface area contributed by atoms with Crippen molar-refractivity contribution in [2.45, 2.75) is 12.6 Å². The summed E-state index contributed by atoms with van der Waals surface area (Å²) in [5.74, 6) is 0.605. The highest BCUT2D eigenvalue weighted by Gasteiger charge is 2.26. The predicted octanol–water partition coefficient (Wildman–Crippen LogP) is 1.57. The first kappa shape index (κ1) is 11.6. The van der Waals surface area contributed by atoms with Gasteiger partial charge in [-0.25, -0.2) is 4.98 Å². The fourth-order valence-electron chi connectivity index (χ4n) is 1.79. The Morgan fingerprint density at radius 2 is 2.19 bits per heavy atom. The predicted molar refractivity (Wildman–Crippen MR) is 61.9 cm³/mol. The third-order valence-corrected chi connectivity index (χ3v) is 2.96. The van der Waals surface area contributed by atoms with Crippen LogP contribution in [0.1, 0.15) is 5.56 Å². The van der Waals surface area contributed by atoms with Crippen molar-refractivity contribution >= 4 is 11.6 Å². The Morgan fingerprint density at radius 3 is 2.81 bits per heavy atom. The smallest absolute Gasteiger partial charge is 0.219 e. The third-order valence-electron chi connectivity index (χ3n) is 2.75. The third kappa shape index (κ3) is 2.45. The molecule has 0 atom stereocenters. The number of hydrogen-bond donors (Lipinski definition) is 0. The van der Waals surface area contributed by atoms with Gasteiger partial charge in [-0.05, 0) is 12.1 Å². The number of ether oxygens (including phenoxy) is 2. The molecule has 0 aromatic carbocycles. The van der Waals surface area contributed by atoms with Crippen LogP contribution in [0.5, 0.6) is 5.88 Å². The van der Waals surface area contributed by atoms with Gasteiger partial charge < -0.3 is 9.47 Å². The largest absolute Gasteiger partial charge is 0.481 e. The molecule has 4 nitrogen and oxygen atoms in total. The quantitative estimate of drug-likeness (QED) is 0.751. The van der Waals surface area contributed by atoms with Gasteiger partial charge in [-0.3, -0.25) is 4.90 Å². The standard InChI is InChI=1S/C11H15ClN2O2/c1-15-9-6-14(7-9)5-8-3-4-10(12)13-11(8)16-2/h3-4,9H,5-7H2,1-2H3. The van der Waals surface area contributed by atoms with E-state index in [1.807, 2.05) is 6.07 Å². The second-order valence-electron chi connectivity index (χ2n) is 3.85. The van der Waals surface area contributed by atoms with Crippen molar-refractivity contribution in [1.82, 2.24) is 9.88 Å².